The molecule has 0 aromatic carbocycles. The van der Waals surface area contributed by atoms with Gasteiger partial charge in [-0.3, -0.25) is 4.79 Å². The van der Waals surface area contributed by atoms with Gasteiger partial charge in [-0.1, -0.05) is 0 Å². The molecule has 0 aliphatic rings. The Balaban J connectivity index is 2.72. The van der Waals surface area contributed by atoms with Crippen LogP contribution in [0.25, 0.3) is 0 Å². The van der Waals surface area contributed by atoms with E-state index in [9.17, 15) is 4.79 Å². The maximum atomic E-state index is 11.4. The molecule has 4 heteroatoms. The molecule has 0 bridgehead atoms. The van der Waals surface area contributed by atoms with Crippen LogP contribution in [-0.4, -0.2) is 16.9 Å². The van der Waals surface area contributed by atoms with Gasteiger partial charge in [0.15, 0.2) is 0 Å². The van der Waals surface area contributed by atoms with E-state index in [4.69, 9.17) is 0 Å². The van der Waals surface area contributed by atoms with Crippen molar-refractivity contribution in [3.63, 3.8) is 0 Å². The summed E-state index contributed by atoms with van der Waals surface area (Å²) < 4.78 is 0.869. The molecule has 0 saturated carbocycles. The molecule has 0 aliphatic heterocycles. The summed E-state index contributed by atoms with van der Waals surface area (Å²) in [4.78, 5) is 15.3. The molecular formula is C9H11BrN2O. The van der Waals surface area contributed by atoms with Crippen molar-refractivity contribution in [2.75, 3.05) is 0 Å². The second kappa shape index (κ2) is 4.37. The Kier molecular flexibility index (Phi) is 3.42. The third-order valence-electron chi connectivity index (χ3n) is 1.38. The molecule has 0 saturated heterocycles. The molecule has 0 atom stereocenters. The highest BCUT2D eigenvalue weighted by molar-refractivity contribution is 9.10. The highest BCUT2D eigenvalue weighted by Crippen LogP contribution is 2.07. The number of rotatable bonds is 2. The third-order valence-corrected chi connectivity index (χ3v) is 1.85. The molecule has 0 unspecified atom stereocenters. The first-order chi connectivity index (χ1) is 6.09. The van der Waals surface area contributed by atoms with E-state index in [0.717, 1.165) is 4.47 Å². The lowest BCUT2D eigenvalue weighted by Crippen LogP contribution is -2.30. The molecule has 1 heterocycles. The number of nitrogens with zero attached hydrogens (tertiary/aromatic N) is 1. The summed E-state index contributed by atoms with van der Waals surface area (Å²) in [5.74, 6) is -0.137. The second-order valence-corrected chi connectivity index (χ2v) is 3.91. The van der Waals surface area contributed by atoms with Crippen LogP contribution in [-0.2, 0) is 0 Å². The Bertz CT molecular complexity index is 295. The minimum atomic E-state index is -0.137. The molecule has 1 N–H and O–H groups in total. The summed E-state index contributed by atoms with van der Waals surface area (Å²) in [7, 11) is 0. The van der Waals surface area contributed by atoms with Crippen molar-refractivity contribution in [2.24, 2.45) is 0 Å². The summed E-state index contributed by atoms with van der Waals surface area (Å²) >= 11 is 3.25. The van der Waals surface area contributed by atoms with E-state index in [2.05, 4.69) is 26.2 Å². The first-order valence-electron chi connectivity index (χ1n) is 4.02. The van der Waals surface area contributed by atoms with Crippen LogP contribution in [0.1, 0.15) is 24.3 Å². The van der Waals surface area contributed by atoms with Gasteiger partial charge in [0.1, 0.15) is 5.69 Å². The molecule has 0 spiro atoms. The Morgan fingerprint density at radius 1 is 1.54 bits per heavy atom. The fourth-order valence-electron chi connectivity index (χ4n) is 0.846. The molecule has 0 radical (unpaired) electrons. The van der Waals surface area contributed by atoms with Crippen LogP contribution in [0.3, 0.4) is 0 Å². The number of amides is 1. The number of carbonyl (C=O) groups excluding carboxylic acids is 1. The maximum Gasteiger partial charge on any atom is 0.270 e. The number of halogens is 1. The standard InChI is InChI=1S/C9H11BrN2O/c1-6(2)12-9(13)8-4-3-7(10)5-11-8/h3-6H,1-2H3,(H,12,13). The SMILES string of the molecule is CC(C)NC(=O)c1ccc(Br)cn1. The van der Waals surface area contributed by atoms with E-state index < -0.39 is 0 Å². The van der Waals surface area contributed by atoms with Gasteiger partial charge in [-0.25, -0.2) is 4.98 Å². The van der Waals surface area contributed by atoms with Gasteiger partial charge >= 0.3 is 0 Å². The summed E-state index contributed by atoms with van der Waals surface area (Å²) in [6, 6.07) is 3.61. The Morgan fingerprint density at radius 2 is 2.23 bits per heavy atom. The van der Waals surface area contributed by atoms with Gasteiger partial charge in [0.05, 0.1) is 0 Å². The van der Waals surface area contributed by atoms with Gasteiger partial charge in [-0.15, -0.1) is 0 Å². The van der Waals surface area contributed by atoms with Crippen molar-refractivity contribution in [1.82, 2.24) is 10.3 Å². The fourth-order valence-corrected chi connectivity index (χ4v) is 1.08. The minimum absolute atomic E-state index is 0.137. The first-order valence-corrected chi connectivity index (χ1v) is 4.81. The smallest absolute Gasteiger partial charge is 0.270 e. The number of carbonyl (C=O) groups is 1. The zero-order valence-corrected chi connectivity index (χ0v) is 9.13. The number of nitrogens with one attached hydrogen (secondary N) is 1. The van der Waals surface area contributed by atoms with Gasteiger partial charge in [-0.05, 0) is 41.9 Å². The lowest BCUT2D eigenvalue weighted by Gasteiger charge is -2.06. The van der Waals surface area contributed by atoms with Gasteiger partial charge < -0.3 is 5.32 Å². The number of pyridine rings is 1. The molecule has 0 aliphatic carbocycles. The van der Waals surface area contributed by atoms with Gasteiger partial charge in [0.25, 0.3) is 5.91 Å². The van der Waals surface area contributed by atoms with Crippen LogP contribution in [0.4, 0.5) is 0 Å². The molecule has 70 valence electrons. The van der Waals surface area contributed by atoms with Gasteiger partial charge in [0.2, 0.25) is 0 Å². The van der Waals surface area contributed by atoms with Crippen LogP contribution >= 0.6 is 15.9 Å². The third kappa shape index (κ3) is 3.14. The van der Waals surface area contributed by atoms with E-state index in [0.29, 0.717) is 5.69 Å². The fraction of sp³-hybridized carbons (Fsp3) is 0.333. The van der Waals surface area contributed by atoms with Crippen LogP contribution in [0, 0.1) is 0 Å². The van der Waals surface area contributed by atoms with E-state index in [1.807, 2.05) is 13.8 Å². The average molecular weight is 243 g/mol. The van der Waals surface area contributed by atoms with E-state index >= 15 is 0 Å². The van der Waals surface area contributed by atoms with E-state index in [-0.39, 0.29) is 11.9 Å². The second-order valence-electron chi connectivity index (χ2n) is 2.99. The zero-order chi connectivity index (χ0) is 9.84. The van der Waals surface area contributed by atoms with Crippen LogP contribution in [0.15, 0.2) is 22.8 Å². The van der Waals surface area contributed by atoms with Gasteiger partial charge in [0, 0.05) is 16.7 Å². The van der Waals surface area contributed by atoms with Gasteiger partial charge in [-0.2, -0.15) is 0 Å². The summed E-state index contributed by atoms with van der Waals surface area (Å²) in [5, 5.41) is 2.76. The molecule has 1 rings (SSSR count). The first kappa shape index (κ1) is 10.2. The van der Waals surface area contributed by atoms with E-state index in [1.165, 1.54) is 0 Å². The van der Waals surface area contributed by atoms with E-state index in [1.54, 1.807) is 18.3 Å². The monoisotopic (exact) mass is 242 g/mol. The summed E-state index contributed by atoms with van der Waals surface area (Å²) in [6.45, 7) is 3.83. The zero-order valence-electron chi connectivity index (χ0n) is 7.54. The largest absolute Gasteiger partial charge is 0.349 e. The molecule has 1 amide bonds. The summed E-state index contributed by atoms with van der Waals surface area (Å²) in [5.41, 5.74) is 0.442. The highest BCUT2D eigenvalue weighted by atomic mass is 79.9. The molecule has 1 aromatic heterocycles. The lowest BCUT2D eigenvalue weighted by atomic mass is 10.3. The normalized spacial score (nSPS) is 10.2. The predicted molar refractivity (Wildman–Crippen MR) is 54.5 cm³/mol. The predicted octanol–water partition coefficient (Wildman–Crippen LogP) is 1.98. The number of hydrogen-bond acceptors (Lipinski definition) is 2. The van der Waals surface area contributed by atoms with Crippen LogP contribution in [0.2, 0.25) is 0 Å². The number of aromatic nitrogens is 1. The number of hydrogen-bond donors (Lipinski definition) is 1. The quantitative estimate of drug-likeness (QED) is 0.862. The average Bonchev–Trinajstić information content (AvgIpc) is 2.04. The van der Waals surface area contributed by atoms with Crippen molar-refractivity contribution in [1.29, 1.82) is 0 Å². The highest BCUT2D eigenvalue weighted by Gasteiger charge is 2.06. The van der Waals surface area contributed by atoms with Crippen LogP contribution in [0.5, 0.6) is 0 Å². The molecular weight excluding hydrogens is 232 g/mol. The molecule has 3 nitrogen and oxygen atoms in total. The van der Waals surface area contributed by atoms with Crippen molar-refractivity contribution in [3.8, 4) is 0 Å². The minimum Gasteiger partial charge on any atom is -0.349 e. The van der Waals surface area contributed by atoms with Crippen molar-refractivity contribution >= 4 is 21.8 Å². The van der Waals surface area contributed by atoms with Crippen molar-refractivity contribution < 1.29 is 4.79 Å². The molecule has 0 fully saturated rings. The van der Waals surface area contributed by atoms with Crippen molar-refractivity contribution in [3.05, 3.63) is 28.5 Å². The van der Waals surface area contributed by atoms with Crippen LogP contribution < -0.4 is 5.32 Å². The van der Waals surface area contributed by atoms with Crippen molar-refractivity contribution in [2.45, 2.75) is 19.9 Å². The Labute approximate surface area is 85.7 Å². The molecule has 13 heavy (non-hydrogen) atoms. The Morgan fingerprint density at radius 3 is 2.69 bits per heavy atom. The lowest BCUT2D eigenvalue weighted by molar-refractivity contribution is 0.0938. The molecule has 1 aromatic rings. The topological polar surface area (TPSA) is 42.0 Å². The Hall–Kier alpha value is -0.900. The maximum absolute atomic E-state index is 11.4. The summed E-state index contributed by atoms with van der Waals surface area (Å²) in [6.07, 6.45) is 1.61.